The Labute approximate surface area is 122 Å². The highest BCUT2D eigenvalue weighted by molar-refractivity contribution is 5.42. The Morgan fingerprint density at radius 1 is 1.20 bits per heavy atom. The first-order valence-electron chi connectivity index (χ1n) is 8.16. The Hall–Kier alpha value is -1.02. The van der Waals surface area contributed by atoms with E-state index >= 15 is 0 Å². The van der Waals surface area contributed by atoms with Crippen LogP contribution in [0.4, 0.5) is 0 Å². The third kappa shape index (κ3) is 2.46. The van der Waals surface area contributed by atoms with Crippen molar-refractivity contribution in [3.63, 3.8) is 0 Å². The molecule has 3 rings (SSSR count). The largest absolute Gasteiger partial charge is 0.486 e. The predicted octanol–water partition coefficient (Wildman–Crippen LogP) is 4.46. The highest BCUT2D eigenvalue weighted by Crippen LogP contribution is 2.44. The van der Waals surface area contributed by atoms with Crippen molar-refractivity contribution < 1.29 is 4.74 Å². The molecule has 1 aliphatic carbocycles. The summed E-state index contributed by atoms with van der Waals surface area (Å²) in [6, 6.07) is 9.45. The molecule has 1 heterocycles. The standard InChI is InChI=1S/C18H27NO/c1-4-13-9-5-7-11-15(13)19-17-14-10-6-8-12-16(14)20-18(17,2)3/h6,8,10,12-13,15,17,19H,4-5,7,9,11H2,1-3H3. The number of fused-ring (bicyclic) bond motifs is 1. The molecule has 1 fully saturated rings. The van der Waals surface area contributed by atoms with E-state index in [4.69, 9.17) is 4.74 Å². The van der Waals surface area contributed by atoms with Gasteiger partial charge in [-0.25, -0.2) is 0 Å². The number of benzene rings is 1. The zero-order valence-electron chi connectivity index (χ0n) is 13.0. The van der Waals surface area contributed by atoms with E-state index in [2.05, 4.69) is 50.4 Å². The van der Waals surface area contributed by atoms with Crippen LogP contribution in [0.1, 0.15) is 64.5 Å². The average Bonchev–Trinajstić information content (AvgIpc) is 2.70. The molecule has 3 atom stereocenters. The maximum atomic E-state index is 6.15. The van der Waals surface area contributed by atoms with Gasteiger partial charge in [-0.1, -0.05) is 44.4 Å². The molecule has 0 bridgehead atoms. The quantitative estimate of drug-likeness (QED) is 0.878. The SMILES string of the molecule is CCC1CCCCC1NC1c2ccccc2OC1(C)C. The summed E-state index contributed by atoms with van der Waals surface area (Å²) in [6.07, 6.45) is 6.74. The van der Waals surface area contributed by atoms with Crippen molar-refractivity contribution in [2.75, 3.05) is 0 Å². The van der Waals surface area contributed by atoms with Crippen LogP contribution in [0, 0.1) is 5.92 Å². The van der Waals surface area contributed by atoms with Gasteiger partial charge in [-0.2, -0.15) is 0 Å². The first-order chi connectivity index (χ1) is 9.62. The lowest BCUT2D eigenvalue weighted by Crippen LogP contribution is -2.47. The molecule has 0 saturated heterocycles. The Bertz CT molecular complexity index is 468. The van der Waals surface area contributed by atoms with Crippen molar-refractivity contribution in [2.45, 2.75) is 70.6 Å². The molecule has 2 nitrogen and oxygen atoms in total. The van der Waals surface area contributed by atoms with Crippen molar-refractivity contribution in [3.8, 4) is 5.75 Å². The molecule has 1 aromatic rings. The Morgan fingerprint density at radius 2 is 1.95 bits per heavy atom. The number of para-hydroxylation sites is 1. The molecule has 0 spiro atoms. The molecule has 3 unspecified atom stereocenters. The van der Waals surface area contributed by atoms with Crippen molar-refractivity contribution in [2.24, 2.45) is 5.92 Å². The van der Waals surface area contributed by atoms with Crippen LogP contribution in [0.5, 0.6) is 5.75 Å². The van der Waals surface area contributed by atoms with E-state index in [-0.39, 0.29) is 5.60 Å². The van der Waals surface area contributed by atoms with E-state index in [9.17, 15) is 0 Å². The van der Waals surface area contributed by atoms with Gasteiger partial charge in [0.15, 0.2) is 0 Å². The minimum atomic E-state index is -0.153. The van der Waals surface area contributed by atoms with Crippen LogP contribution in [0.3, 0.4) is 0 Å². The van der Waals surface area contributed by atoms with E-state index < -0.39 is 0 Å². The van der Waals surface area contributed by atoms with Crippen LogP contribution in [0.25, 0.3) is 0 Å². The summed E-state index contributed by atoms with van der Waals surface area (Å²) in [5, 5.41) is 3.94. The van der Waals surface area contributed by atoms with E-state index in [0.717, 1.165) is 11.7 Å². The second-order valence-electron chi connectivity index (χ2n) is 6.90. The van der Waals surface area contributed by atoms with Gasteiger partial charge in [-0.3, -0.25) is 0 Å². The van der Waals surface area contributed by atoms with Crippen molar-refractivity contribution in [3.05, 3.63) is 29.8 Å². The zero-order valence-corrected chi connectivity index (χ0v) is 13.0. The summed E-state index contributed by atoms with van der Waals surface area (Å²) in [4.78, 5) is 0. The lowest BCUT2D eigenvalue weighted by Gasteiger charge is -2.37. The molecule has 0 radical (unpaired) electrons. The van der Waals surface area contributed by atoms with Crippen LogP contribution in [0.2, 0.25) is 0 Å². The monoisotopic (exact) mass is 273 g/mol. The highest BCUT2D eigenvalue weighted by atomic mass is 16.5. The third-order valence-electron chi connectivity index (χ3n) is 5.11. The van der Waals surface area contributed by atoms with Gasteiger partial charge in [0.1, 0.15) is 11.4 Å². The Kier molecular flexibility index (Phi) is 3.76. The summed E-state index contributed by atoms with van der Waals surface area (Å²) < 4.78 is 6.15. The molecular formula is C18H27NO. The van der Waals surface area contributed by atoms with E-state index in [1.54, 1.807) is 0 Å². The number of nitrogens with one attached hydrogen (secondary N) is 1. The third-order valence-corrected chi connectivity index (χ3v) is 5.11. The number of ether oxygens (including phenoxy) is 1. The summed E-state index contributed by atoms with van der Waals surface area (Å²) in [5.74, 6) is 1.88. The van der Waals surface area contributed by atoms with Gasteiger partial charge in [-0.15, -0.1) is 0 Å². The Morgan fingerprint density at radius 3 is 2.75 bits per heavy atom. The molecule has 1 N–H and O–H groups in total. The number of rotatable bonds is 3. The topological polar surface area (TPSA) is 21.3 Å². The van der Waals surface area contributed by atoms with Gasteiger partial charge < -0.3 is 10.1 Å². The van der Waals surface area contributed by atoms with Gasteiger partial charge in [0.25, 0.3) is 0 Å². The molecule has 0 aromatic heterocycles. The van der Waals surface area contributed by atoms with Crippen LogP contribution in [-0.2, 0) is 0 Å². The van der Waals surface area contributed by atoms with E-state index in [0.29, 0.717) is 12.1 Å². The fourth-order valence-corrected chi connectivity index (χ4v) is 3.95. The molecule has 110 valence electrons. The van der Waals surface area contributed by atoms with Gasteiger partial charge in [0.2, 0.25) is 0 Å². The fraction of sp³-hybridized carbons (Fsp3) is 0.667. The zero-order chi connectivity index (χ0) is 14.2. The average molecular weight is 273 g/mol. The highest BCUT2D eigenvalue weighted by Gasteiger charge is 2.42. The van der Waals surface area contributed by atoms with Gasteiger partial charge in [0.05, 0.1) is 6.04 Å². The van der Waals surface area contributed by atoms with Crippen LogP contribution in [0.15, 0.2) is 24.3 Å². The van der Waals surface area contributed by atoms with Crippen molar-refractivity contribution >= 4 is 0 Å². The number of hydrogen-bond acceptors (Lipinski definition) is 2. The summed E-state index contributed by atoms with van der Waals surface area (Å²) in [7, 11) is 0. The van der Waals surface area contributed by atoms with Crippen molar-refractivity contribution in [1.82, 2.24) is 5.32 Å². The summed E-state index contributed by atoms with van der Waals surface area (Å²) in [6.45, 7) is 6.73. The fourth-order valence-electron chi connectivity index (χ4n) is 3.95. The first-order valence-corrected chi connectivity index (χ1v) is 8.16. The molecule has 2 aliphatic rings. The van der Waals surface area contributed by atoms with Crippen molar-refractivity contribution in [1.29, 1.82) is 0 Å². The molecule has 2 heteroatoms. The maximum absolute atomic E-state index is 6.15. The second kappa shape index (κ2) is 5.40. The molecule has 1 aliphatic heterocycles. The number of hydrogen-bond donors (Lipinski definition) is 1. The molecular weight excluding hydrogens is 246 g/mol. The lowest BCUT2D eigenvalue weighted by molar-refractivity contribution is 0.0805. The van der Waals surface area contributed by atoms with Crippen LogP contribution >= 0.6 is 0 Å². The normalized spacial score (nSPS) is 31.6. The van der Waals surface area contributed by atoms with E-state index in [1.165, 1.54) is 37.7 Å². The maximum Gasteiger partial charge on any atom is 0.125 e. The predicted molar refractivity (Wildman–Crippen MR) is 83.1 cm³/mol. The molecule has 1 aromatic carbocycles. The Balaban J connectivity index is 1.82. The smallest absolute Gasteiger partial charge is 0.125 e. The van der Waals surface area contributed by atoms with Gasteiger partial charge in [0, 0.05) is 11.6 Å². The van der Waals surface area contributed by atoms with Crippen LogP contribution < -0.4 is 10.1 Å². The van der Waals surface area contributed by atoms with Gasteiger partial charge in [-0.05, 0) is 38.7 Å². The molecule has 1 saturated carbocycles. The summed E-state index contributed by atoms with van der Waals surface area (Å²) in [5.41, 5.74) is 1.18. The molecule has 0 amide bonds. The van der Waals surface area contributed by atoms with Gasteiger partial charge >= 0.3 is 0 Å². The van der Waals surface area contributed by atoms with Crippen LogP contribution in [-0.4, -0.2) is 11.6 Å². The minimum Gasteiger partial charge on any atom is -0.486 e. The molecule has 20 heavy (non-hydrogen) atoms. The first kappa shape index (κ1) is 13.9. The minimum absolute atomic E-state index is 0.153. The van der Waals surface area contributed by atoms with E-state index in [1.807, 2.05) is 0 Å². The lowest BCUT2D eigenvalue weighted by atomic mass is 9.81. The second-order valence-corrected chi connectivity index (χ2v) is 6.90. The summed E-state index contributed by atoms with van der Waals surface area (Å²) >= 11 is 0.